The van der Waals surface area contributed by atoms with Crippen LogP contribution in [-0.4, -0.2) is 69.4 Å². The molecule has 0 spiro atoms. The Hall–Kier alpha value is -5.22. The maximum atomic E-state index is 13.9. The standard InChI is InChI=1S/C37H34ClN3O9S3/c1-4-18-40(23-27-15-17-33(38)51-27)34(43)24-49-36(44)30-21-26(47-3)14-16-32(30)50-35-22-39-37(52-35)41(53(45,46)28-10-6-5-7-11-28)19-20-48-31-13-9-8-12-29(31)25(2)42/h4-17,21-22H,1,18-20,23-24H2,2-3H3. The first kappa shape index (κ1) is 39.0. The molecule has 0 unspecified atom stereocenters. The van der Waals surface area contributed by atoms with E-state index in [1.165, 1.54) is 60.7 Å². The highest BCUT2D eigenvalue weighted by molar-refractivity contribution is 7.93. The number of amides is 1. The predicted octanol–water partition coefficient (Wildman–Crippen LogP) is 7.51. The third kappa shape index (κ3) is 10.0. The van der Waals surface area contributed by atoms with Crippen molar-refractivity contribution in [3.63, 3.8) is 0 Å². The van der Waals surface area contributed by atoms with Crippen LogP contribution < -0.4 is 18.5 Å². The highest BCUT2D eigenvalue weighted by Crippen LogP contribution is 2.37. The number of Topliss-reactive ketones (excluding diaryl/α,β-unsaturated/α-hetero) is 1. The van der Waals surface area contributed by atoms with Gasteiger partial charge in [-0.3, -0.25) is 9.59 Å². The highest BCUT2D eigenvalue weighted by Gasteiger charge is 2.28. The van der Waals surface area contributed by atoms with Crippen LogP contribution in [-0.2, 0) is 26.1 Å². The van der Waals surface area contributed by atoms with Gasteiger partial charge in [-0.25, -0.2) is 22.5 Å². The van der Waals surface area contributed by atoms with Crippen LogP contribution in [0.1, 0.15) is 32.5 Å². The monoisotopic (exact) mass is 795 g/mol. The molecule has 0 aliphatic rings. The molecule has 0 aliphatic heterocycles. The Kier molecular flexibility index (Phi) is 13.3. The van der Waals surface area contributed by atoms with Crippen molar-refractivity contribution in [1.82, 2.24) is 9.88 Å². The zero-order valence-corrected chi connectivity index (χ0v) is 31.8. The van der Waals surface area contributed by atoms with Crippen molar-refractivity contribution in [2.24, 2.45) is 0 Å². The fraction of sp³-hybridized carbons (Fsp3) is 0.189. The SMILES string of the molecule is C=CCN(Cc1ccc(Cl)s1)C(=O)COC(=O)c1cc(OC)ccc1Oc1cnc(N(CCOc2ccccc2C(C)=O)S(=O)(=O)c2ccccc2)s1. The summed E-state index contributed by atoms with van der Waals surface area (Å²) in [6, 6.07) is 22.5. The van der Waals surface area contributed by atoms with Gasteiger partial charge in [0.25, 0.3) is 15.9 Å². The molecule has 12 nitrogen and oxygen atoms in total. The van der Waals surface area contributed by atoms with Gasteiger partial charge in [0, 0.05) is 11.4 Å². The van der Waals surface area contributed by atoms with E-state index in [-0.39, 0.29) is 58.4 Å². The Balaban J connectivity index is 1.35. The van der Waals surface area contributed by atoms with E-state index in [4.69, 9.17) is 30.5 Å². The van der Waals surface area contributed by atoms with Crippen molar-refractivity contribution < 1.29 is 41.7 Å². The number of hydrogen-bond donors (Lipinski definition) is 0. The van der Waals surface area contributed by atoms with Crippen LogP contribution in [0, 0.1) is 0 Å². The molecule has 0 saturated carbocycles. The molecule has 0 bridgehead atoms. The van der Waals surface area contributed by atoms with Gasteiger partial charge in [-0.2, -0.15) is 0 Å². The normalized spacial score (nSPS) is 11.0. The smallest absolute Gasteiger partial charge is 0.342 e. The molecule has 3 aromatic carbocycles. The fourth-order valence-corrected chi connectivity index (χ4v) is 8.45. The topological polar surface area (TPSA) is 142 Å². The summed E-state index contributed by atoms with van der Waals surface area (Å²) < 4.78 is 52.1. The first-order valence-corrected chi connectivity index (χ1v) is 19.4. The molecule has 1 amide bonds. The molecule has 276 valence electrons. The second kappa shape index (κ2) is 18.0. The van der Waals surface area contributed by atoms with Gasteiger partial charge in [0.1, 0.15) is 29.4 Å². The van der Waals surface area contributed by atoms with Gasteiger partial charge in [0.2, 0.25) is 10.2 Å². The quantitative estimate of drug-likeness (QED) is 0.0497. The van der Waals surface area contributed by atoms with E-state index >= 15 is 0 Å². The molecule has 5 aromatic rings. The number of aromatic nitrogens is 1. The number of ether oxygens (including phenoxy) is 4. The predicted molar refractivity (Wildman–Crippen MR) is 203 cm³/mol. The summed E-state index contributed by atoms with van der Waals surface area (Å²) in [6.45, 7) is 4.79. The first-order chi connectivity index (χ1) is 25.5. The number of halogens is 1. The van der Waals surface area contributed by atoms with Gasteiger partial charge >= 0.3 is 5.97 Å². The van der Waals surface area contributed by atoms with Crippen LogP contribution in [0.15, 0.2) is 109 Å². The van der Waals surface area contributed by atoms with Crippen molar-refractivity contribution in [1.29, 1.82) is 0 Å². The molecule has 16 heteroatoms. The molecule has 2 heterocycles. The minimum Gasteiger partial charge on any atom is -0.497 e. The lowest BCUT2D eigenvalue weighted by molar-refractivity contribution is -0.134. The number of carbonyl (C=O) groups excluding carboxylic acids is 3. The molecule has 53 heavy (non-hydrogen) atoms. The van der Waals surface area contributed by atoms with Gasteiger partial charge in [-0.15, -0.1) is 17.9 Å². The summed E-state index contributed by atoms with van der Waals surface area (Å²) in [7, 11) is -2.70. The van der Waals surface area contributed by atoms with Crippen LogP contribution >= 0.6 is 34.3 Å². The van der Waals surface area contributed by atoms with Gasteiger partial charge in [0.05, 0.1) is 41.2 Å². The lowest BCUT2D eigenvalue weighted by Crippen LogP contribution is -2.34. The van der Waals surface area contributed by atoms with Gasteiger partial charge in [0.15, 0.2) is 12.4 Å². The number of methoxy groups -OCH3 is 1. The molecule has 0 radical (unpaired) electrons. The molecule has 0 atom stereocenters. The molecule has 0 N–H and O–H groups in total. The van der Waals surface area contributed by atoms with E-state index in [1.54, 1.807) is 60.7 Å². The van der Waals surface area contributed by atoms with Crippen molar-refractivity contribution in [2.75, 3.05) is 37.7 Å². The van der Waals surface area contributed by atoms with Gasteiger partial charge < -0.3 is 23.8 Å². The van der Waals surface area contributed by atoms with E-state index in [9.17, 15) is 22.8 Å². The van der Waals surface area contributed by atoms with E-state index in [0.717, 1.165) is 20.5 Å². The van der Waals surface area contributed by atoms with E-state index in [2.05, 4.69) is 11.6 Å². The number of para-hydroxylation sites is 1. The van der Waals surface area contributed by atoms with E-state index < -0.39 is 28.5 Å². The number of thiazole rings is 1. The number of ketones is 1. The number of hydrogen-bond acceptors (Lipinski definition) is 12. The number of anilines is 1. The fourth-order valence-electron chi connectivity index (χ4n) is 4.90. The summed E-state index contributed by atoms with van der Waals surface area (Å²) in [5.74, 6) is -0.799. The van der Waals surface area contributed by atoms with Crippen LogP contribution in [0.2, 0.25) is 4.34 Å². The third-order valence-corrected chi connectivity index (χ3v) is 11.5. The second-order valence-corrected chi connectivity index (χ2v) is 15.7. The van der Waals surface area contributed by atoms with Gasteiger partial charge in [-0.1, -0.05) is 59.3 Å². The summed E-state index contributed by atoms with van der Waals surface area (Å²) in [5.41, 5.74) is 0.324. The Morgan fingerprint density at radius 1 is 0.943 bits per heavy atom. The minimum atomic E-state index is -4.13. The molecular formula is C37H34ClN3O9S3. The average molecular weight is 796 g/mol. The minimum absolute atomic E-state index is 0.0300. The summed E-state index contributed by atoms with van der Waals surface area (Å²) in [6.07, 6.45) is 2.89. The lowest BCUT2D eigenvalue weighted by Gasteiger charge is -2.22. The first-order valence-electron chi connectivity index (χ1n) is 15.9. The number of nitrogens with zero attached hydrogens (tertiary/aromatic N) is 3. The van der Waals surface area contributed by atoms with Crippen LogP contribution in [0.4, 0.5) is 5.13 Å². The lowest BCUT2D eigenvalue weighted by atomic mass is 10.1. The second-order valence-electron chi connectivity index (χ2n) is 11.1. The number of benzene rings is 3. The Morgan fingerprint density at radius 3 is 2.40 bits per heavy atom. The molecular weight excluding hydrogens is 762 g/mol. The van der Waals surface area contributed by atoms with E-state index in [1.807, 2.05) is 6.07 Å². The molecule has 0 saturated heterocycles. The number of carbonyl (C=O) groups is 3. The molecule has 0 aliphatic carbocycles. The highest BCUT2D eigenvalue weighted by atomic mass is 35.5. The summed E-state index contributed by atoms with van der Waals surface area (Å²) in [5, 5.41) is 0.211. The van der Waals surface area contributed by atoms with Crippen LogP contribution in [0.25, 0.3) is 0 Å². The Labute approximate surface area is 319 Å². The van der Waals surface area contributed by atoms with E-state index in [0.29, 0.717) is 21.4 Å². The summed E-state index contributed by atoms with van der Waals surface area (Å²) >= 11 is 8.29. The molecule has 0 fully saturated rings. The number of esters is 1. The van der Waals surface area contributed by atoms with Crippen molar-refractivity contribution in [2.45, 2.75) is 18.4 Å². The number of thiophene rings is 1. The average Bonchev–Trinajstić information content (AvgIpc) is 3.80. The Morgan fingerprint density at radius 2 is 1.70 bits per heavy atom. The van der Waals surface area contributed by atoms with Crippen LogP contribution in [0.3, 0.4) is 0 Å². The Bertz CT molecular complexity index is 2190. The maximum Gasteiger partial charge on any atom is 0.342 e. The van der Waals surface area contributed by atoms with Crippen molar-refractivity contribution in [3.05, 3.63) is 124 Å². The zero-order valence-electron chi connectivity index (χ0n) is 28.6. The largest absolute Gasteiger partial charge is 0.497 e. The maximum absolute atomic E-state index is 13.9. The number of sulfonamides is 1. The van der Waals surface area contributed by atoms with Crippen molar-refractivity contribution in [3.8, 4) is 22.3 Å². The summed E-state index contributed by atoms with van der Waals surface area (Å²) in [4.78, 5) is 45.2. The molecule has 5 rings (SSSR count). The van der Waals surface area contributed by atoms with Crippen molar-refractivity contribution >= 4 is 67.1 Å². The molecule has 2 aromatic heterocycles. The number of rotatable bonds is 18. The van der Waals surface area contributed by atoms with Crippen LogP contribution in [0.5, 0.6) is 22.3 Å². The third-order valence-electron chi connectivity index (χ3n) is 7.46. The zero-order chi connectivity index (χ0) is 38.0. The van der Waals surface area contributed by atoms with Gasteiger partial charge in [-0.05, 0) is 61.5 Å².